The summed E-state index contributed by atoms with van der Waals surface area (Å²) in [6.45, 7) is 6.22. The van der Waals surface area contributed by atoms with Crippen molar-refractivity contribution < 1.29 is 17.9 Å². The normalized spacial score (nSPS) is 11.8. The molecule has 1 N–H and O–H groups in total. The molecule has 0 unspecified atom stereocenters. The van der Waals surface area contributed by atoms with Crippen molar-refractivity contribution in [1.29, 1.82) is 0 Å². The Balaban J connectivity index is 2.69. The van der Waals surface area contributed by atoms with Gasteiger partial charge < -0.3 is 9.47 Å². The zero-order chi connectivity index (χ0) is 14.5. The molecule has 0 saturated heterocycles. The molecule has 0 atom stereocenters. The van der Waals surface area contributed by atoms with Crippen LogP contribution in [0.5, 0.6) is 5.75 Å². The number of hydrogen-bond acceptors (Lipinski definition) is 4. The molecule has 0 aliphatic heterocycles. The molecular formula is C13H21NO4S. The third-order valence-corrected chi connectivity index (χ3v) is 3.98. The lowest BCUT2D eigenvalue weighted by atomic mass is 10.2. The largest absolute Gasteiger partial charge is 0.496 e. The van der Waals surface area contributed by atoms with Gasteiger partial charge in [-0.15, -0.1) is 0 Å². The molecular weight excluding hydrogens is 266 g/mol. The van der Waals surface area contributed by atoms with Gasteiger partial charge in [-0.05, 0) is 44.5 Å². The summed E-state index contributed by atoms with van der Waals surface area (Å²) in [5.41, 5.74) is 0.781. The average molecular weight is 287 g/mol. The van der Waals surface area contributed by atoms with Crippen molar-refractivity contribution in [3.8, 4) is 5.75 Å². The van der Waals surface area contributed by atoms with E-state index in [1.54, 1.807) is 26.2 Å². The maximum atomic E-state index is 12.0. The van der Waals surface area contributed by atoms with E-state index in [-0.39, 0.29) is 17.5 Å². The highest BCUT2D eigenvalue weighted by Gasteiger charge is 2.14. The van der Waals surface area contributed by atoms with Gasteiger partial charge in [-0.3, -0.25) is 0 Å². The van der Waals surface area contributed by atoms with Gasteiger partial charge in [0.2, 0.25) is 10.0 Å². The molecule has 0 aliphatic carbocycles. The Morgan fingerprint density at radius 3 is 2.53 bits per heavy atom. The lowest BCUT2D eigenvalue weighted by Gasteiger charge is -2.11. The SMILES string of the molecule is COc1ccc(S(=O)(=O)NCCOC(C)C)cc1C. The Morgan fingerprint density at radius 2 is 2.00 bits per heavy atom. The molecule has 0 radical (unpaired) electrons. The van der Waals surface area contributed by atoms with E-state index < -0.39 is 10.0 Å². The highest BCUT2D eigenvalue weighted by molar-refractivity contribution is 7.89. The first-order chi connectivity index (χ1) is 8.86. The van der Waals surface area contributed by atoms with Crippen molar-refractivity contribution >= 4 is 10.0 Å². The molecule has 0 fully saturated rings. The lowest BCUT2D eigenvalue weighted by Crippen LogP contribution is -2.28. The van der Waals surface area contributed by atoms with Crippen LogP contribution in [-0.4, -0.2) is 34.8 Å². The quantitative estimate of drug-likeness (QED) is 0.775. The highest BCUT2D eigenvalue weighted by Crippen LogP contribution is 2.20. The van der Waals surface area contributed by atoms with E-state index in [4.69, 9.17) is 9.47 Å². The van der Waals surface area contributed by atoms with Crippen LogP contribution in [0, 0.1) is 6.92 Å². The predicted octanol–water partition coefficient (Wildman–Crippen LogP) is 1.71. The summed E-state index contributed by atoms with van der Waals surface area (Å²) >= 11 is 0. The minimum absolute atomic E-state index is 0.0905. The zero-order valence-electron chi connectivity index (χ0n) is 11.8. The molecule has 6 heteroatoms. The molecule has 0 aliphatic rings. The maximum absolute atomic E-state index is 12.0. The van der Waals surface area contributed by atoms with Gasteiger partial charge in [0.1, 0.15) is 5.75 Å². The molecule has 0 amide bonds. The number of ether oxygens (including phenoxy) is 2. The maximum Gasteiger partial charge on any atom is 0.240 e. The Kier molecular flexibility index (Phi) is 5.78. The monoisotopic (exact) mass is 287 g/mol. The Labute approximate surface area is 115 Å². The van der Waals surface area contributed by atoms with Gasteiger partial charge in [0.05, 0.1) is 24.7 Å². The molecule has 1 aromatic rings. The molecule has 19 heavy (non-hydrogen) atoms. The Hall–Kier alpha value is -1.11. The summed E-state index contributed by atoms with van der Waals surface area (Å²) < 4.78 is 36.9. The van der Waals surface area contributed by atoms with Gasteiger partial charge in [0, 0.05) is 6.54 Å². The van der Waals surface area contributed by atoms with Crippen LogP contribution >= 0.6 is 0 Å². The zero-order valence-corrected chi connectivity index (χ0v) is 12.6. The van der Waals surface area contributed by atoms with Crippen molar-refractivity contribution in [2.75, 3.05) is 20.3 Å². The van der Waals surface area contributed by atoms with Gasteiger partial charge in [-0.25, -0.2) is 13.1 Å². The van der Waals surface area contributed by atoms with Crippen molar-refractivity contribution in [3.05, 3.63) is 23.8 Å². The summed E-state index contributed by atoms with van der Waals surface area (Å²) in [7, 11) is -1.94. The van der Waals surface area contributed by atoms with Crippen LogP contribution in [0.15, 0.2) is 23.1 Å². The summed E-state index contributed by atoms with van der Waals surface area (Å²) in [4.78, 5) is 0.232. The van der Waals surface area contributed by atoms with Gasteiger partial charge in [-0.1, -0.05) is 0 Å². The molecule has 1 aromatic carbocycles. The van der Waals surface area contributed by atoms with Crippen molar-refractivity contribution in [2.24, 2.45) is 0 Å². The minimum atomic E-state index is -3.49. The molecule has 108 valence electrons. The first-order valence-electron chi connectivity index (χ1n) is 6.12. The van der Waals surface area contributed by atoms with Crippen LogP contribution in [-0.2, 0) is 14.8 Å². The smallest absolute Gasteiger partial charge is 0.240 e. The van der Waals surface area contributed by atoms with E-state index >= 15 is 0 Å². The molecule has 1 rings (SSSR count). The highest BCUT2D eigenvalue weighted by atomic mass is 32.2. The molecule has 0 bridgehead atoms. The first-order valence-corrected chi connectivity index (χ1v) is 7.61. The van der Waals surface area contributed by atoms with E-state index in [1.807, 2.05) is 13.8 Å². The third kappa shape index (κ3) is 4.81. The average Bonchev–Trinajstić information content (AvgIpc) is 2.34. The number of methoxy groups -OCH3 is 1. The van der Waals surface area contributed by atoms with Crippen LogP contribution < -0.4 is 9.46 Å². The second-order valence-corrected chi connectivity index (χ2v) is 6.22. The predicted molar refractivity (Wildman–Crippen MR) is 74.0 cm³/mol. The van der Waals surface area contributed by atoms with Gasteiger partial charge >= 0.3 is 0 Å². The number of nitrogens with one attached hydrogen (secondary N) is 1. The standard InChI is InChI=1S/C13H21NO4S/c1-10(2)18-8-7-14-19(15,16)12-5-6-13(17-4)11(3)9-12/h5-6,9-10,14H,7-8H2,1-4H3. The van der Waals surface area contributed by atoms with Gasteiger partial charge in [0.25, 0.3) is 0 Å². The molecule has 5 nitrogen and oxygen atoms in total. The van der Waals surface area contributed by atoms with E-state index in [0.717, 1.165) is 5.56 Å². The minimum Gasteiger partial charge on any atom is -0.496 e. The second kappa shape index (κ2) is 6.88. The number of aryl methyl sites for hydroxylation is 1. The van der Waals surface area contributed by atoms with Crippen LogP contribution in [0.3, 0.4) is 0 Å². The number of sulfonamides is 1. The van der Waals surface area contributed by atoms with Crippen LogP contribution in [0.2, 0.25) is 0 Å². The first kappa shape index (κ1) is 15.9. The number of benzene rings is 1. The summed E-state index contributed by atoms with van der Waals surface area (Å²) in [6.07, 6.45) is 0.0905. The Morgan fingerprint density at radius 1 is 1.32 bits per heavy atom. The molecule has 0 spiro atoms. The fraction of sp³-hybridized carbons (Fsp3) is 0.538. The number of rotatable bonds is 7. The summed E-state index contributed by atoms with van der Waals surface area (Å²) in [6, 6.07) is 4.76. The van der Waals surface area contributed by atoms with E-state index in [1.165, 1.54) is 6.07 Å². The topological polar surface area (TPSA) is 64.6 Å². The molecule has 0 aromatic heterocycles. The van der Waals surface area contributed by atoms with Crippen LogP contribution in [0.4, 0.5) is 0 Å². The van der Waals surface area contributed by atoms with Crippen molar-refractivity contribution in [1.82, 2.24) is 4.72 Å². The second-order valence-electron chi connectivity index (χ2n) is 4.45. The fourth-order valence-corrected chi connectivity index (χ4v) is 2.67. The van der Waals surface area contributed by atoms with Crippen molar-refractivity contribution in [3.63, 3.8) is 0 Å². The number of hydrogen-bond donors (Lipinski definition) is 1. The van der Waals surface area contributed by atoms with Crippen LogP contribution in [0.1, 0.15) is 19.4 Å². The van der Waals surface area contributed by atoms with Crippen LogP contribution in [0.25, 0.3) is 0 Å². The van der Waals surface area contributed by atoms with E-state index in [2.05, 4.69) is 4.72 Å². The molecule has 0 heterocycles. The fourth-order valence-electron chi connectivity index (χ4n) is 1.57. The van der Waals surface area contributed by atoms with E-state index in [9.17, 15) is 8.42 Å². The summed E-state index contributed by atoms with van der Waals surface area (Å²) in [5, 5.41) is 0. The van der Waals surface area contributed by atoms with Crippen molar-refractivity contribution in [2.45, 2.75) is 31.8 Å². The van der Waals surface area contributed by atoms with Gasteiger partial charge in [-0.2, -0.15) is 0 Å². The third-order valence-electron chi connectivity index (χ3n) is 2.52. The van der Waals surface area contributed by atoms with E-state index in [0.29, 0.717) is 12.4 Å². The van der Waals surface area contributed by atoms with Gasteiger partial charge in [0.15, 0.2) is 0 Å². The summed E-state index contributed by atoms with van der Waals surface area (Å²) in [5.74, 6) is 0.669. The molecule has 0 saturated carbocycles. The lowest BCUT2D eigenvalue weighted by molar-refractivity contribution is 0.0834. The Bertz CT molecular complexity index is 511.